The van der Waals surface area contributed by atoms with Crippen molar-refractivity contribution in [1.29, 1.82) is 0 Å². The first-order chi connectivity index (χ1) is 31.2. The number of nitrogens with zero attached hydrogens (tertiary/aromatic N) is 4. The number of aliphatic imine (C=N–C) groups is 3. The molecular formula is C58H38N4O. The molecular weight excluding hydrogens is 769 g/mol. The van der Waals surface area contributed by atoms with Gasteiger partial charge in [0, 0.05) is 44.4 Å². The van der Waals surface area contributed by atoms with Crippen molar-refractivity contribution in [2.45, 2.75) is 6.54 Å². The van der Waals surface area contributed by atoms with Crippen molar-refractivity contribution in [3.05, 3.63) is 223 Å². The van der Waals surface area contributed by atoms with Crippen molar-refractivity contribution < 1.29 is 4.42 Å². The lowest BCUT2D eigenvalue weighted by molar-refractivity contribution is 0.668. The van der Waals surface area contributed by atoms with Crippen LogP contribution in [-0.2, 0) is 6.54 Å². The van der Waals surface area contributed by atoms with Crippen LogP contribution >= 0.6 is 0 Å². The van der Waals surface area contributed by atoms with E-state index in [0.29, 0.717) is 18.2 Å². The molecule has 12 aromatic rings. The summed E-state index contributed by atoms with van der Waals surface area (Å²) >= 11 is 0. The molecule has 2 aromatic heterocycles. The third-order valence-corrected chi connectivity index (χ3v) is 12.3. The molecule has 5 nitrogen and oxygen atoms in total. The molecule has 12 rings (SSSR count). The summed E-state index contributed by atoms with van der Waals surface area (Å²) in [5.41, 5.74) is 10.00. The van der Waals surface area contributed by atoms with Gasteiger partial charge in [-0.25, -0.2) is 9.98 Å². The maximum atomic E-state index is 6.75. The largest absolute Gasteiger partial charge is 0.456 e. The van der Waals surface area contributed by atoms with Gasteiger partial charge < -0.3 is 8.98 Å². The van der Waals surface area contributed by atoms with Gasteiger partial charge in [-0.1, -0.05) is 164 Å². The molecule has 2 heterocycles. The van der Waals surface area contributed by atoms with E-state index in [9.17, 15) is 0 Å². The zero-order valence-electron chi connectivity index (χ0n) is 34.2. The molecule has 296 valence electrons. The van der Waals surface area contributed by atoms with Gasteiger partial charge in [0.25, 0.3) is 0 Å². The number of rotatable bonds is 6. The highest BCUT2D eigenvalue weighted by Gasteiger charge is 2.22. The molecule has 0 aliphatic carbocycles. The lowest BCUT2D eigenvalue weighted by Crippen LogP contribution is -2.06. The topological polar surface area (TPSA) is 55.1 Å². The van der Waals surface area contributed by atoms with E-state index >= 15 is 0 Å². The number of hydrogen-bond acceptors (Lipinski definition) is 2. The summed E-state index contributed by atoms with van der Waals surface area (Å²) in [6.07, 6.45) is 0. The summed E-state index contributed by atoms with van der Waals surface area (Å²) in [5.74, 6) is 1.06. The van der Waals surface area contributed by atoms with E-state index in [0.717, 1.165) is 55.3 Å². The second-order valence-corrected chi connectivity index (χ2v) is 16.0. The summed E-state index contributed by atoms with van der Waals surface area (Å²) in [7, 11) is 0. The van der Waals surface area contributed by atoms with Crippen molar-refractivity contribution in [3.63, 3.8) is 0 Å². The summed E-state index contributed by atoms with van der Waals surface area (Å²) in [5, 5.41) is 11.6. The highest BCUT2D eigenvalue weighted by atomic mass is 16.3. The summed E-state index contributed by atoms with van der Waals surface area (Å²) < 4.78 is 9.16. The predicted molar refractivity (Wildman–Crippen MR) is 265 cm³/mol. The normalized spacial score (nSPS) is 12.4. The summed E-state index contributed by atoms with van der Waals surface area (Å²) in [6.45, 7) is 4.48. The standard InChI is InChI=1S/C58H38N4O/c1-59-58(61-57(41-19-6-3-7-20-41)60-36-37-27-28-38-15-8-9-21-42(38)33-37)48-25-14-26-52-54(48)47-31-30-43(34-53(47)63-52)62-50-32-29-40-18-10-11-22-44(40)55(50)56-46-24-13-12-23-45(46)49(35-51(56)62)39-16-4-2-5-17-39/h2-35H,1,36H2/b60-57-,61-58-. The van der Waals surface area contributed by atoms with Gasteiger partial charge in [-0.3, -0.25) is 4.99 Å². The van der Waals surface area contributed by atoms with E-state index in [4.69, 9.17) is 14.4 Å². The van der Waals surface area contributed by atoms with Crippen molar-refractivity contribution in [3.8, 4) is 16.8 Å². The van der Waals surface area contributed by atoms with Crippen LogP contribution in [0.4, 0.5) is 0 Å². The Morgan fingerprint density at radius 3 is 2.00 bits per heavy atom. The van der Waals surface area contributed by atoms with Crippen LogP contribution in [0.2, 0.25) is 0 Å². The molecule has 0 aliphatic rings. The van der Waals surface area contributed by atoms with Crippen LogP contribution in [0.3, 0.4) is 0 Å². The molecule has 5 heteroatoms. The smallest absolute Gasteiger partial charge is 0.161 e. The van der Waals surface area contributed by atoms with Gasteiger partial charge in [0.05, 0.1) is 17.6 Å². The number of amidine groups is 2. The monoisotopic (exact) mass is 806 g/mol. The Balaban J connectivity index is 1.04. The van der Waals surface area contributed by atoms with E-state index in [-0.39, 0.29) is 0 Å². The van der Waals surface area contributed by atoms with Crippen LogP contribution in [0.15, 0.2) is 226 Å². The van der Waals surface area contributed by atoms with Crippen LogP contribution < -0.4 is 0 Å². The van der Waals surface area contributed by atoms with E-state index in [1.165, 1.54) is 54.2 Å². The van der Waals surface area contributed by atoms with E-state index in [1.54, 1.807) is 0 Å². The fourth-order valence-electron chi connectivity index (χ4n) is 9.48. The second kappa shape index (κ2) is 14.9. The van der Waals surface area contributed by atoms with Gasteiger partial charge in [0.15, 0.2) is 11.7 Å². The Bertz CT molecular complexity index is 3840. The second-order valence-electron chi connectivity index (χ2n) is 16.0. The van der Waals surface area contributed by atoms with Crippen LogP contribution in [0.5, 0.6) is 0 Å². The zero-order chi connectivity index (χ0) is 41.9. The lowest BCUT2D eigenvalue weighted by Gasteiger charge is -2.12. The van der Waals surface area contributed by atoms with Crippen LogP contribution in [-0.4, -0.2) is 23.0 Å². The van der Waals surface area contributed by atoms with E-state index in [1.807, 2.05) is 48.5 Å². The first-order valence-corrected chi connectivity index (χ1v) is 21.2. The molecule has 0 spiro atoms. The van der Waals surface area contributed by atoms with Gasteiger partial charge in [0.1, 0.15) is 11.2 Å². The maximum absolute atomic E-state index is 6.75. The number of benzene rings is 10. The highest BCUT2D eigenvalue weighted by molar-refractivity contribution is 6.30. The van der Waals surface area contributed by atoms with Crippen LogP contribution in [0.25, 0.3) is 92.9 Å². The Morgan fingerprint density at radius 2 is 1.17 bits per heavy atom. The predicted octanol–water partition coefficient (Wildman–Crippen LogP) is 14.9. The minimum absolute atomic E-state index is 0.464. The maximum Gasteiger partial charge on any atom is 0.161 e. The van der Waals surface area contributed by atoms with Crippen molar-refractivity contribution in [1.82, 2.24) is 4.57 Å². The summed E-state index contributed by atoms with van der Waals surface area (Å²) in [6, 6.07) is 72.6. The fourth-order valence-corrected chi connectivity index (χ4v) is 9.48. The molecule has 0 amide bonds. The van der Waals surface area contributed by atoms with Gasteiger partial charge in [-0.05, 0) is 92.1 Å². The average molecular weight is 807 g/mol. The number of furan rings is 1. The quantitative estimate of drug-likeness (QED) is 0.122. The van der Waals surface area contributed by atoms with Crippen LogP contribution in [0.1, 0.15) is 16.7 Å². The molecule has 63 heavy (non-hydrogen) atoms. The number of fused-ring (bicyclic) bond motifs is 11. The molecule has 0 aliphatic heterocycles. The van der Waals surface area contributed by atoms with Crippen LogP contribution in [0, 0.1) is 0 Å². The Hall–Kier alpha value is -8.41. The zero-order valence-corrected chi connectivity index (χ0v) is 34.2. The third kappa shape index (κ3) is 6.13. The molecule has 0 unspecified atom stereocenters. The molecule has 0 N–H and O–H groups in total. The van der Waals surface area contributed by atoms with Gasteiger partial charge in [-0.2, -0.15) is 0 Å². The Morgan fingerprint density at radius 1 is 0.476 bits per heavy atom. The highest BCUT2D eigenvalue weighted by Crippen LogP contribution is 2.44. The van der Waals surface area contributed by atoms with E-state index < -0.39 is 0 Å². The molecule has 0 fully saturated rings. The Labute approximate surface area is 363 Å². The summed E-state index contributed by atoms with van der Waals surface area (Å²) in [4.78, 5) is 14.8. The fraction of sp³-hybridized carbons (Fsp3) is 0.0172. The molecule has 0 bridgehead atoms. The number of aromatic nitrogens is 1. The first-order valence-electron chi connectivity index (χ1n) is 21.2. The average Bonchev–Trinajstić information content (AvgIpc) is 3.90. The van der Waals surface area contributed by atoms with E-state index in [2.05, 4.69) is 174 Å². The van der Waals surface area contributed by atoms with Crippen molar-refractivity contribution in [2.24, 2.45) is 15.0 Å². The Kier molecular flexibility index (Phi) is 8.64. The molecule has 0 atom stereocenters. The van der Waals surface area contributed by atoms with Gasteiger partial charge in [-0.15, -0.1) is 0 Å². The molecule has 10 aromatic carbocycles. The minimum atomic E-state index is 0.464. The minimum Gasteiger partial charge on any atom is -0.456 e. The van der Waals surface area contributed by atoms with Crippen molar-refractivity contribution in [2.75, 3.05) is 0 Å². The molecule has 0 radical (unpaired) electrons. The van der Waals surface area contributed by atoms with Gasteiger partial charge in [0.2, 0.25) is 0 Å². The molecule has 0 saturated heterocycles. The van der Waals surface area contributed by atoms with Crippen molar-refractivity contribution >= 4 is 94.5 Å². The third-order valence-electron chi connectivity index (χ3n) is 12.3. The SMILES string of the molecule is C=N/C(=N\C(=N/Cc1ccc2ccccc2c1)c1ccccc1)c1cccc2oc3cc(-n4c5ccc6ccccc6c5c5c6ccccc6c(-c6ccccc6)cc54)ccc3c12. The molecule has 0 saturated carbocycles. The number of hydrogen-bond donors (Lipinski definition) is 0. The lowest BCUT2D eigenvalue weighted by atomic mass is 9.94. The first kappa shape index (κ1) is 36.4. The van der Waals surface area contributed by atoms with Gasteiger partial charge >= 0.3 is 0 Å².